The largest absolute Gasteiger partial charge is 0.503 e. The summed E-state index contributed by atoms with van der Waals surface area (Å²) in [7, 11) is 0. The van der Waals surface area contributed by atoms with Crippen LogP contribution in [0.1, 0.15) is 31.7 Å². The van der Waals surface area contributed by atoms with Gasteiger partial charge in [0, 0.05) is 36.3 Å². The summed E-state index contributed by atoms with van der Waals surface area (Å²) < 4.78 is 0. The normalized spacial score (nSPS) is 16.7. The number of carboxylic acid groups (broad SMARTS) is 2. The smallest absolute Gasteiger partial charge is 0.354 e. The maximum Gasteiger partial charge on any atom is 0.354 e. The number of hydrazine groups is 1. The lowest BCUT2D eigenvalue weighted by atomic mass is 9.98. The molecule has 20 heteroatoms. The lowest BCUT2D eigenvalue weighted by molar-refractivity contribution is -0.161. The molecule has 46 heavy (non-hydrogen) atoms. The number of H-pyrrole nitrogens is 1. The number of anilines is 1. The summed E-state index contributed by atoms with van der Waals surface area (Å²) in [6, 6.07) is 1.08. The number of aromatic nitrogens is 2. The number of nitrogens with one attached hydrogen (secondary N) is 3. The van der Waals surface area contributed by atoms with E-state index in [9.17, 15) is 48.9 Å². The number of ketones is 1. The molecular formula is C26H28N8O11S. The van der Waals surface area contributed by atoms with Crippen LogP contribution in [-0.4, -0.2) is 102 Å². The van der Waals surface area contributed by atoms with Gasteiger partial charge in [-0.05, 0) is 13.8 Å². The van der Waals surface area contributed by atoms with E-state index in [0.717, 1.165) is 28.6 Å². The van der Waals surface area contributed by atoms with E-state index < -0.39 is 76.8 Å². The molecule has 1 saturated heterocycles. The highest BCUT2D eigenvalue weighted by Gasteiger charge is 2.49. The van der Waals surface area contributed by atoms with Crippen molar-refractivity contribution in [3.8, 4) is 5.75 Å². The molecule has 1 fully saturated rings. The van der Waals surface area contributed by atoms with Crippen LogP contribution >= 0.6 is 11.3 Å². The summed E-state index contributed by atoms with van der Waals surface area (Å²) in [6.07, 6.45) is 0.565. The fourth-order valence-corrected chi connectivity index (χ4v) is 4.89. The quantitative estimate of drug-likeness (QED) is 0.0915. The predicted octanol–water partition coefficient (Wildman–Crippen LogP) is -1.88. The van der Waals surface area contributed by atoms with Crippen molar-refractivity contribution < 1.29 is 48.9 Å². The van der Waals surface area contributed by atoms with Crippen molar-refractivity contribution in [2.45, 2.75) is 32.4 Å². The number of oxime groups is 1. The van der Waals surface area contributed by atoms with Crippen molar-refractivity contribution in [3.05, 3.63) is 50.5 Å². The van der Waals surface area contributed by atoms with Gasteiger partial charge < -0.3 is 41.5 Å². The van der Waals surface area contributed by atoms with Gasteiger partial charge in [0.25, 0.3) is 5.91 Å². The number of nitrogens with two attached hydrogens (primary N) is 1. The number of carbonyl (C=O) groups excluding carboxylic acids is 4. The summed E-state index contributed by atoms with van der Waals surface area (Å²) in [5, 5.41) is 40.4. The molecule has 244 valence electrons. The molecule has 2 aliphatic heterocycles. The fraction of sp³-hybridized carbons (Fsp3) is 0.346. The van der Waals surface area contributed by atoms with E-state index in [4.69, 9.17) is 10.6 Å². The van der Waals surface area contributed by atoms with Crippen molar-refractivity contribution in [1.82, 2.24) is 30.6 Å². The van der Waals surface area contributed by atoms with Gasteiger partial charge in [0.15, 0.2) is 28.1 Å². The molecule has 0 unspecified atom stereocenters. The Hall–Kier alpha value is -5.63. The van der Waals surface area contributed by atoms with Crippen LogP contribution in [0.3, 0.4) is 0 Å². The fourth-order valence-electron chi connectivity index (χ4n) is 4.34. The number of carbonyl (C=O) groups is 6. The van der Waals surface area contributed by atoms with Gasteiger partial charge in [-0.1, -0.05) is 5.16 Å². The Morgan fingerprint density at radius 1 is 1.22 bits per heavy atom. The summed E-state index contributed by atoms with van der Waals surface area (Å²) in [5.74, 6) is -7.68. The maximum absolute atomic E-state index is 13.3. The number of fused-ring (bicyclic) bond motifs is 1. The van der Waals surface area contributed by atoms with Crippen LogP contribution < -0.4 is 21.8 Å². The van der Waals surface area contributed by atoms with Crippen LogP contribution in [0.4, 0.5) is 5.13 Å². The Labute approximate surface area is 262 Å². The number of pyridine rings is 1. The number of nitrogens with zero attached hydrogens (tertiary/aromatic N) is 4. The van der Waals surface area contributed by atoms with Gasteiger partial charge in [0.2, 0.25) is 22.8 Å². The number of rotatable bonds is 13. The summed E-state index contributed by atoms with van der Waals surface area (Å²) in [6.45, 7) is 1.25. The van der Waals surface area contributed by atoms with Crippen molar-refractivity contribution in [1.29, 1.82) is 0 Å². The lowest BCUT2D eigenvalue weighted by Crippen LogP contribution is -2.38. The van der Waals surface area contributed by atoms with Gasteiger partial charge in [-0.15, -0.1) is 11.3 Å². The first-order valence-corrected chi connectivity index (χ1v) is 14.2. The zero-order chi connectivity index (χ0) is 33.9. The van der Waals surface area contributed by atoms with E-state index in [1.807, 2.05) is 0 Å². The number of Topliss-reactive ketones (excluding diaryl/α,β-unsaturated/α-hetero) is 1. The average molecular weight is 661 g/mol. The number of aromatic amines is 1. The van der Waals surface area contributed by atoms with Crippen LogP contribution in [0.15, 0.2) is 38.9 Å². The summed E-state index contributed by atoms with van der Waals surface area (Å²) in [5.41, 5.74) is 2.13. The van der Waals surface area contributed by atoms with Crippen LogP contribution in [-0.2, 0) is 40.1 Å². The first-order valence-electron chi connectivity index (χ1n) is 13.3. The third kappa shape index (κ3) is 7.18. The number of hydrogen-bond donors (Lipinski definition) is 7. The molecule has 4 heterocycles. The topological polar surface area (TPSA) is 287 Å². The van der Waals surface area contributed by atoms with Crippen LogP contribution in [0.5, 0.6) is 5.75 Å². The second-order valence-corrected chi connectivity index (χ2v) is 11.4. The SMILES string of the molecule is CC(C)(O/N=C(\C(=O)C[C@H]1CN2CC(C(=O)NCC(=O)NCc3cc(=O)c(O)c[nH]3)=C(C(=O)O)N2C1=O)c1csc(N)n1)C(=O)O. The van der Waals surface area contributed by atoms with E-state index in [-0.39, 0.29) is 47.4 Å². The molecular weight excluding hydrogens is 632 g/mol. The van der Waals surface area contributed by atoms with Crippen LogP contribution in [0.2, 0.25) is 0 Å². The first kappa shape index (κ1) is 33.3. The zero-order valence-corrected chi connectivity index (χ0v) is 25.0. The summed E-state index contributed by atoms with van der Waals surface area (Å²) >= 11 is 0.984. The van der Waals surface area contributed by atoms with E-state index in [1.165, 1.54) is 24.2 Å². The van der Waals surface area contributed by atoms with Gasteiger partial charge in [-0.2, -0.15) is 0 Å². The number of thiazole rings is 1. The number of nitrogen functional groups attached to an aromatic ring is 1. The monoisotopic (exact) mass is 660 g/mol. The first-order chi connectivity index (χ1) is 21.6. The van der Waals surface area contributed by atoms with Gasteiger partial charge in [-0.25, -0.2) is 24.6 Å². The van der Waals surface area contributed by atoms with Gasteiger partial charge >= 0.3 is 11.9 Å². The molecule has 8 N–H and O–H groups in total. The number of aromatic hydroxyl groups is 1. The van der Waals surface area contributed by atoms with Crippen molar-refractivity contribution in [2.75, 3.05) is 25.4 Å². The Kier molecular flexibility index (Phi) is 9.52. The van der Waals surface area contributed by atoms with Gasteiger partial charge in [-0.3, -0.25) is 24.0 Å². The highest BCUT2D eigenvalue weighted by molar-refractivity contribution is 7.13. The molecule has 0 bridgehead atoms. The van der Waals surface area contributed by atoms with Gasteiger partial charge in [0.1, 0.15) is 5.69 Å². The predicted molar refractivity (Wildman–Crippen MR) is 156 cm³/mol. The third-order valence-electron chi connectivity index (χ3n) is 6.77. The number of aliphatic carboxylic acids is 2. The second kappa shape index (κ2) is 13.2. The third-order valence-corrected chi connectivity index (χ3v) is 7.44. The molecule has 19 nitrogen and oxygen atoms in total. The molecule has 2 aromatic rings. The Morgan fingerprint density at radius 2 is 1.93 bits per heavy atom. The van der Waals surface area contributed by atoms with Crippen LogP contribution in [0, 0.1) is 5.92 Å². The molecule has 0 radical (unpaired) electrons. The standard InChI is InChI=1S/C26H28N8O11S/c1-26(2,24(43)44)45-32-19(14-10-46-25(27)31-14)16(36)3-11-8-33-9-13(20(23(41)42)34(33)22(11)40)21(39)30-7-18(38)29-5-12-4-15(35)17(37)6-28-12/h4,6,10-11,37H,3,5,7-9H2,1-2H3,(H2,27,31)(H,28,35)(H,29,38)(H,30,39)(H,41,42)(H,43,44)/b32-19-/t11-/m0/s1. The number of amides is 3. The number of carboxylic acids is 2. The molecule has 2 aliphatic rings. The van der Waals surface area contributed by atoms with E-state index >= 15 is 0 Å². The molecule has 0 aliphatic carbocycles. The molecule has 0 spiro atoms. The molecule has 0 aromatic carbocycles. The molecule has 2 aromatic heterocycles. The minimum atomic E-state index is -1.81. The summed E-state index contributed by atoms with van der Waals surface area (Å²) in [4.78, 5) is 98.5. The molecule has 3 amide bonds. The highest BCUT2D eigenvalue weighted by Crippen LogP contribution is 2.33. The number of hydrogen-bond acceptors (Lipinski definition) is 14. The van der Waals surface area contributed by atoms with Gasteiger partial charge in [0.05, 0.1) is 31.1 Å². The highest BCUT2D eigenvalue weighted by atomic mass is 32.1. The maximum atomic E-state index is 13.3. The van der Waals surface area contributed by atoms with E-state index in [1.54, 1.807) is 0 Å². The van der Waals surface area contributed by atoms with E-state index in [2.05, 4.69) is 25.8 Å². The minimum Gasteiger partial charge on any atom is -0.503 e. The minimum absolute atomic E-state index is 0.00888. The molecule has 1 atom stereocenters. The Bertz CT molecular complexity index is 1740. The second-order valence-electron chi connectivity index (χ2n) is 10.5. The van der Waals surface area contributed by atoms with E-state index in [0.29, 0.717) is 0 Å². The zero-order valence-electron chi connectivity index (χ0n) is 24.2. The Morgan fingerprint density at radius 3 is 2.54 bits per heavy atom. The van der Waals surface area contributed by atoms with Crippen LogP contribution in [0.25, 0.3) is 0 Å². The molecule has 0 saturated carbocycles. The Balaban J connectivity index is 1.43. The molecule has 4 rings (SSSR count). The van der Waals surface area contributed by atoms with Crippen molar-refractivity contribution in [2.24, 2.45) is 11.1 Å². The van der Waals surface area contributed by atoms with Crippen molar-refractivity contribution in [3.63, 3.8) is 0 Å². The van der Waals surface area contributed by atoms with Crippen molar-refractivity contribution >= 4 is 57.6 Å². The lowest BCUT2D eigenvalue weighted by Gasteiger charge is -2.19. The average Bonchev–Trinajstić information content (AvgIpc) is 3.67.